The van der Waals surface area contributed by atoms with Crippen molar-refractivity contribution in [1.82, 2.24) is 0 Å². The quantitative estimate of drug-likeness (QED) is 0.787. The largest absolute Gasteiger partial charge is 0.459 e. The molecule has 2 rings (SSSR count). The van der Waals surface area contributed by atoms with Crippen molar-refractivity contribution in [3.05, 3.63) is 35.9 Å². The van der Waals surface area contributed by atoms with E-state index in [0.29, 0.717) is 19.6 Å². The molecule has 1 aliphatic heterocycles. The minimum absolute atomic E-state index is 0.121. The highest BCUT2D eigenvalue weighted by molar-refractivity contribution is 5.76. The second kappa shape index (κ2) is 5.80. The molecule has 1 fully saturated rings. The van der Waals surface area contributed by atoms with Crippen molar-refractivity contribution in [2.24, 2.45) is 5.73 Å². The average Bonchev–Trinajstić information content (AvgIpc) is 2.83. The Labute approximate surface area is 101 Å². The van der Waals surface area contributed by atoms with Gasteiger partial charge in [0, 0.05) is 6.42 Å². The Bertz CT molecular complexity index is 360. The van der Waals surface area contributed by atoms with Crippen LogP contribution >= 0.6 is 0 Å². The molecule has 0 amide bonds. The van der Waals surface area contributed by atoms with Crippen molar-refractivity contribution in [2.75, 3.05) is 13.2 Å². The first-order chi connectivity index (χ1) is 8.25. The highest BCUT2D eigenvalue weighted by Crippen LogP contribution is 2.10. The Morgan fingerprint density at radius 1 is 1.47 bits per heavy atom. The van der Waals surface area contributed by atoms with E-state index in [1.807, 2.05) is 30.3 Å². The molecule has 0 radical (unpaired) electrons. The molecule has 1 saturated heterocycles. The number of benzene rings is 1. The van der Waals surface area contributed by atoms with Crippen molar-refractivity contribution in [3.8, 4) is 0 Å². The van der Waals surface area contributed by atoms with E-state index in [-0.39, 0.29) is 12.1 Å². The molecule has 0 saturated carbocycles. The van der Waals surface area contributed by atoms with Gasteiger partial charge < -0.3 is 15.2 Å². The van der Waals surface area contributed by atoms with Crippen LogP contribution in [0.4, 0.5) is 0 Å². The fraction of sp³-hybridized carbons (Fsp3) is 0.462. The number of esters is 1. The summed E-state index contributed by atoms with van der Waals surface area (Å²) in [7, 11) is 0. The van der Waals surface area contributed by atoms with E-state index < -0.39 is 6.04 Å². The van der Waals surface area contributed by atoms with E-state index >= 15 is 0 Å². The predicted octanol–water partition coefficient (Wildman–Crippen LogP) is 0.889. The molecule has 4 nitrogen and oxygen atoms in total. The first-order valence-corrected chi connectivity index (χ1v) is 5.83. The lowest BCUT2D eigenvalue weighted by Gasteiger charge is -2.14. The van der Waals surface area contributed by atoms with Crippen LogP contribution in [0.5, 0.6) is 0 Å². The Hall–Kier alpha value is -1.39. The standard InChI is InChI=1S/C13H17NO3/c14-12(8-10-4-2-1-3-5-10)13(15)17-11-6-7-16-9-11/h1-5,11-12H,6-9,14H2/t11?,12-/m0/s1. The van der Waals surface area contributed by atoms with Crippen molar-refractivity contribution >= 4 is 5.97 Å². The molecule has 1 aromatic carbocycles. The molecule has 1 aromatic rings. The monoisotopic (exact) mass is 235 g/mol. The van der Waals surface area contributed by atoms with Gasteiger partial charge in [0.1, 0.15) is 12.1 Å². The van der Waals surface area contributed by atoms with Gasteiger partial charge in [-0.1, -0.05) is 30.3 Å². The SMILES string of the molecule is N[C@@H](Cc1ccccc1)C(=O)OC1CCOC1. The van der Waals surface area contributed by atoms with Gasteiger partial charge in [-0.05, 0) is 12.0 Å². The van der Waals surface area contributed by atoms with Crippen LogP contribution in [0, 0.1) is 0 Å². The van der Waals surface area contributed by atoms with Crippen LogP contribution in [0.2, 0.25) is 0 Å². The Morgan fingerprint density at radius 3 is 2.88 bits per heavy atom. The second-order valence-corrected chi connectivity index (χ2v) is 4.22. The van der Waals surface area contributed by atoms with Gasteiger partial charge in [0.05, 0.1) is 13.2 Å². The van der Waals surface area contributed by atoms with E-state index in [2.05, 4.69) is 0 Å². The molecule has 92 valence electrons. The van der Waals surface area contributed by atoms with E-state index in [1.165, 1.54) is 0 Å². The number of hydrogen-bond acceptors (Lipinski definition) is 4. The smallest absolute Gasteiger partial charge is 0.323 e. The summed E-state index contributed by atoms with van der Waals surface area (Å²) < 4.78 is 10.4. The van der Waals surface area contributed by atoms with Crippen LogP contribution in [0.3, 0.4) is 0 Å². The Morgan fingerprint density at radius 2 is 2.24 bits per heavy atom. The van der Waals surface area contributed by atoms with Crippen LogP contribution in [0.15, 0.2) is 30.3 Å². The number of carbonyl (C=O) groups is 1. The third-order valence-corrected chi connectivity index (χ3v) is 2.77. The zero-order valence-electron chi connectivity index (χ0n) is 9.67. The lowest BCUT2D eigenvalue weighted by Crippen LogP contribution is -2.36. The first kappa shape index (κ1) is 12.1. The Kier molecular flexibility index (Phi) is 4.12. The van der Waals surface area contributed by atoms with E-state index in [4.69, 9.17) is 15.2 Å². The fourth-order valence-electron chi connectivity index (χ4n) is 1.81. The van der Waals surface area contributed by atoms with Crippen molar-refractivity contribution in [1.29, 1.82) is 0 Å². The maximum Gasteiger partial charge on any atom is 0.323 e. The van der Waals surface area contributed by atoms with Gasteiger partial charge in [-0.3, -0.25) is 4.79 Å². The maximum absolute atomic E-state index is 11.7. The summed E-state index contributed by atoms with van der Waals surface area (Å²) in [6.45, 7) is 1.15. The number of ether oxygens (including phenoxy) is 2. The maximum atomic E-state index is 11.7. The van der Waals surface area contributed by atoms with Crippen LogP contribution in [-0.4, -0.2) is 31.3 Å². The summed E-state index contributed by atoms with van der Waals surface area (Å²) in [5.41, 5.74) is 6.85. The first-order valence-electron chi connectivity index (χ1n) is 5.83. The molecule has 17 heavy (non-hydrogen) atoms. The molecule has 0 bridgehead atoms. The molecule has 4 heteroatoms. The lowest BCUT2D eigenvalue weighted by atomic mass is 10.1. The predicted molar refractivity (Wildman–Crippen MR) is 63.4 cm³/mol. The van der Waals surface area contributed by atoms with Crippen LogP contribution in [0.1, 0.15) is 12.0 Å². The van der Waals surface area contributed by atoms with Crippen molar-refractivity contribution < 1.29 is 14.3 Å². The number of rotatable bonds is 4. The van der Waals surface area contributed by atoms with Gasteiger partial charge in [0.2, 0.25) is 0 Å². The summed E-state index contributed by atoms with van der Waals surface area (Å²) in [4.78, 5) is 11.7. The second-order valence-electron chi connectivity index (χ2n) is 4.22. The molecule has 2 atom stereocenters. The zero-order chi connectivity index (χ0) is 12.1. The summed E-state index contributed by atoms with van der Waals surface area (Å²) in [5, 5.41) is 0. The minimum atomic E-state index is -0.599. The molecule has 0 spiro atoms. The van der Waals surface area contributed by atoms with Gasteiger partial charge in [0.25, 0.3) is 0 Å². The lowest BCUT2D eigenvalue weighted by molar-refractivity contribution is -0.150. The van der Waals surface area contributed by atoms with Crippen LogP contribution < -0.4 is 5.73 Å². The van der Waals surface area contributed by atoms with Gasteiger partial charge in [-0.2, -0.15) is 0 Å². The molecule has 1 aliphatic rings. The van der Waals surface area contributed by atoms with Gasteiger partial charge in [0.15, 0.2) is 0 Å². The van der Waals surface area contributed by atoms with E-state index in [1.54, 1.807) is 0 Å². The van der Waals surface area contributed by atoms with Crippen molar-refractivity contribution in [3.63, 3.8) is 0 Å². The molecule has 0 aromatic heterocycles. The molecular formula is C13H17NO3. The third kappa shape index (κ3) is 3.54. The number of hydrogen-bond donors (Lipinski definition) is 1. The summed E-state index contributed by atoms with van der Waals surface area (Å²) >= 11 is 0. The molecule has 1 unspecified atom stereocenters. The van der Waals surface area contributed by atoms with E-state index in [0.717, 1.165) is 12.0 Å². The van der Waals surface area contributed by atoms with Gasteiger partial charge >= 0.3 is 5.97 Å². The van der Waals surface area contributed by atoms with Crippen molar-refractivity contribution in [2.45, 2.75) is 25.0 Å². The molecule has 2 N–H and O–H groups in total. The number of carbonyl (C=O) groups excluding carboxylic acids is 1. The summed E-state index contributed by atoms with van der Waals surface area (Å²) in [5.74, 6) is -0.343. The normalized spacial score (nSPS) is 21.1. The van der Waals surface area contributed by atoms with Crippen LogP contribution in [0.25, 0.3) is 0 Å². The zero-order valence-corrected chi connectivity index (χ0v) is 9.67. The average molecular weight is 235 g/mol. The summed E-state index contributed by atoms with van der Waals surface area (Å²) in [6.07, 6.45) is 1.15. The fourth-order valence-corrected chi connectivity index (χ4v) is 1.81. The van der Waals surface area contributed by atoms with Crippen LogP contribution in [-0.2, 0) is 20.7 Å². The van der Waals surface area contributed by atoms with Gasteiger partial charge in [-0.15, -0.1) is 0 Å². The highest BCUT2D eigenvalue weighted by atomic mass is 16.6. The summed E-state index contributed by atoms with van der Waals surface area (Å²) in [6, 6.07) is 9.09. The number of nitrogens with two attached hydrogens (primary N) is 1. The van der Waals surface area contributed by atoms with E-state index in [9.17, 15) is 4.79 Å². The molecule has 1 heterocycles. The third-order valence-electron chi connectivity index (χ3n) is 2.77. The highest BCUT2D eigenvalue weighted by Gasteiger charge is 2.23. The Balaban J connectivity index is 1.82. The minimum Gasteiger partial charge on any atom is -0.459 e. The molecular weight excluding hydrogens is 218 g/mol. The molecule has 0 aliphatic carbocycles. The van der Waals surface area contributed by atoms with Gasteiger partial charge in [-0.25, -0.2) is 0 Å². The topological polar surface area (TPSA) is 61.6 Å².